The molecule has 5 heteroatoms. The van der Waals surface area contributed by atoms with E-state index in [2.05, 4.69) is 35.0 Å². The van der Waals surface area contributed by atoms with E-state index >= 15 is 0 Å². The van der Waals surface area contributed by atoms with Crippen LogP contribution in [-0.4, -0.2) is 0 Å². The predicted molar refractivity (Wildman–Crippen MR) is 129 cm³/mol. The molecule has 0 saturated carbocycles. The van der Waals surface area contributed by atoms with Gasteiger partial charge in [-0.1, -0.05) is 6.07 Å². The van der Waals surface area contributed by atoms with Gasteiger partial charge in [0.1, 0.15) is 34.0 Å². The summed E-state index contributed by atoms with van der Waals surface area (Å²) < 4.78 is 38.4. The van der Waals surface area contributed by atoms with E-state index < -0.39 is 0 Å². The molecule has 0 radical (unpaired) electrons. The zero-order chi connectivity index (χ0) is 22.6. The lowest BCUT2D eigenvalue weighted by Crippen LogP contribution is -1.77. The van der Waals surface area contributed by atoms with E-state index in [1.54, 1.807) is 12.1 Å². The van der Waals surface area contributed by atoms with Crippen LogP contribution >= 0.6 is 15.9 Å². The van der Waals surface area contributed by atoms with Gasteiger partial charge in [0.15, 0.2) is 0 Å². The highest BCUT2D eigenvalue weighted by molar-refractivity contribution is 9.10. The first-order chi connectivity index (χ1) is 15.3. The van der Waals surface area contributed by atoms with Crippen molar-refractivity contribution < 1.29 is 17.6 Å². The lowest BCUT2D eigenvalue weighted by molar-refractivity contribution is 0.617. The van der Waals surface area contributed by atoms with Crippen molar-refractivity contribution in [1.29, 1.82) is 0 Å². The van der Waals surface area contributed by atoms with Gasteiger partial charge in [-0.2, -0.15) is 0 Å². The van der Waals surface area contributed by atoms with E-state index in [1.165, 1.54) is 29.8 Å². The number of benzene rings is 4. The second-order valence-electron chi connectivity index (χ2n) is 8.07. The van der Waals surface area contributed by atoms with Gasteiger partial charge in [-0.15, -0.1) is 0 Å². The molecule has 0 N–H and O–H groups in total. The van der Waals surface area contributed by atoms with E-state index in [9.17, 15) is 8.78 Å². The molecule has 2 nitrogen and oxygen atoms in total. The Labute approximate surface area is 191 Å². The number of halogens is 3. The summed E-state index contributed by atoms with van der Waals surface area (Å²) in [6, 6.07) is 17.5. The van der Waals surface area contributed by atoms with Crippen LogP contribution < -0.4 is 0 Å². The fourth-order valence-electron chi connectivity index (χ4n) is 4.15. The monoisotopic (exact) mass is 492 g/mol. The van der Waals surface area contributed by atoms with Gasteiger partial charge in [-0.05, 0) is 95.9 Å². The summed E-state index contributed by atoms with van der Waals surface area (Å²) in [7, 11) is 0. The molecule has 0 spiro atoms. The molecule has 0 unspecified atom stereocenters. The molecule has 32 heavy (non-hydrogen) atoms. The van der Waals surface area contributed by atoms with E-state index in [4.69, 9.17) is 8.83 Å². The van der Waals surface area contributed by atoms with Crippen LogP contribution in [0.5, 0.6) is 0 Å². The number of rotatable bonds is 0. The predicted octanol–water partition coefficient (Wildman–Crippen LogP) is 9.14. The molecule has 6 aromatic rings. The highest BCUT2D eigenvalue weighted by Crippen LogP contribution is 2.35. The summed E-state index contributed by atoms with van der Waals surface area (Å²) in [6.45, 7) is 6.08. The van der Waals surface area contributed by atoms with E-state index in [0.29, 0.717) is 11.2 Å². The number of hydrogen-bond donors (Lipinski definition) is 0. The molecule has 0 saturated heterocycles. The van der Waals surface area contributed by atoms with Gasteiger partial charge in [0.05, 0.1) is 4.47 Å². The Kier molecular flexibility index (Phi) is 5.01. The first kappa shape index (κ1) is 20.7. The van der Waals surface area contributed by atoms with Crippen molar-refractivity contribution in [3.05, 3.63) is 93.5 Å². The molecule has 4 aromatic carbocycles. The summed E-state index contributed by atoms with van der Waals surface area (Å²) in [6.07, 6.45) is 0. The van der Waals surface area contributed by atoms with Crippen LogP contribution in [0.4, 0.5) is 8.78 Å². The van der Waals surface area contributed by atoms with Gasteiger partial charge in [-0.25, -0.2) is 8.78 Å². The Morgan fingerprint density at radius 3 is 1.69 bits per heavy atom. The number of fused-ring (bicyclic) bond motifs is 6. The summed E-state index contributed by atoms with van der Waals surface area (Å²) in [5, 5.41) is 4.00. The van der Waals surface area contributed by atoms with Crippen LogP contribution in [0, 0.1) is 32.4 Å². The lowest BCUT2D eigenvalue weighted by atomic mass is 10.1. The van der Waals surface area contributed by atoms with Crippen molar-refractivity contribution in [2.24, 2.45) is 0 Å². The van der Waals surface area contributed by atoms with Crippen LogP contribution in [0.3, 0.4) is 0 Å². The Morgan fingerprint density at radius 2 is 1.09 bits per heavy atom. The molecular weight excluding hydrogens is 474 g/mol. The third-order valence-electron chi connectivity index (χ3n) is 5.50. The molecule has 0 aliphatic rings. The molecular formula is C27H19BrF2O2. The Morgan fingerprint density at radius 1 is 0.594 bits per heavy atom. The molecule has 0 atom stereocenters. The third-order valence-corrected chi connectivity index (χ3v) is 6.09. The minimum absolute atomic E-state index is 0.263. The first-order valence-electron chi connectivity index (χ1n) is 10.2. The van der Waals surface area contributed by atoms with Gasteiger partial charge < -0.3 is 8.83 Å². The minimum atomic E-state index is -0.278. The summed E-state index contributed by atoms with van der Waals surface area (Å²) >= 11 is 3.46. The van der Waals surface area contributed by atoms with Gasteiger partial charge in [0, 0.05) is 33.7 Å². The van der Waals surface area contributed by atoms with Crippen LogP contribution in [0.1, 0.15) is 16.7 Å². The molecule has 0 bridgehead atoms. The number of furan rings is 2. The van der Waals surface area contributed by atoms with E-state index in [1.807, 2.05) is 26.0 Å². The van der Waals surface area contributed by atoms with Crippen molar-refractivity contribution in [3.63, 3.8) is 0 Å². The van der Waals surface area contributed by atoms with Crippen LogP contribution in [0.2, 0.25) is 0 Å². The first-order valence-corrected chi connectivity index (χ1v) is 11.0. The second kappa shape index (κ2) is 7.75. The molecule has 0 fully saturated rings. The topological polar surface area (TPSA) is 26.3 Å². The molecule has 2 heterocycles. The van der Waals surface area contributed by atoms with E-state index in [0.717, 1.165) is 48.3 Å². The van der Waals surface area contributed by atoms with Gasteiger partial charge in [-0.3, -0.25) is 0 Å². The van der Waals surface area contributed by atoms with Gasteiger partial charge in [0.25, 0.3) is 0 Å². The smallest absolute Gasteiger partial charge is 0.149 e. The quantitative estimate of drug-likeness (QED) is 0.211. The zero-order valence-corrected chi connectivity index (χ0v) is 19.3. The van der Waals surface area contributed by atoms with Crippen molar-refractivity contribution in [3.8, 4) is 0 Å². The normalized spacial score (nSPS) is 11.4. The van der Waals surface area contributed by atoms with Gasteiger partial charge in [0.2, 0.25) is 0 Å². The van der Waals surface area contributed by atoms with Crippen LogP contribution in [0.25, 0.3) is 43.9 Å². The Hall–Kier alpha value is -3.18. The fourth-order valence-corrected chi connectivity index (χ4v) is 4.80. The van der Waals surface area contributed by atoms with Gasteiger partial charge >= 0.3 is 0 Å². The summed E-state index contributed by atoms with van der Waals surface area (Å²) in [5.74, 6) is -0.541. The lowest BCUT2D eigenvalue weighted by Gasteiger charge is -1.96. The largest absolute Gasteiger partial charge is 0.456 e. The van der Waals surface area contributed by atoms with Crippen molar-refractivity contribution in [2.75, 3.05) is 0 Å². The maximum Gasteiger partial charge on any atom is 0.149 e. The minimum Gasteiger partial charge on any atom is -0.456 e. The van der Waals surface area contributed by atoms with E-state index in [-0.39, 0.29) is 11.6 Å². The molecule has 160 valence electrons. The van der Waals surface area contributed by atoms with Crippen LogP contribution in [-0.2, 0) is 0 Å². The second-order valence-corrected chi connectivity index (χ2v) is 8.92. The molecule has 0 amide bonds. The third kappa shape index (κ3) is 3.56. The van der Waals surface area contributed by atoms with Crippen molar-refractivity contribution in [1.82, 2.24) is 0 Å². The molecule has 6 rings (SSSR count). The molecule has 0 aliphatic heterocycles. The Bertz CT molecular complexity index is 1520. The van der Waals surface area contributed by atoms with Crippen LogP contribution in [0.15, 0.2) is 74.0 Å². The molecule has 0 aliphatic carbocycles. The average Bonchev–Trinajstić information content (AvgIpc) is 3.26. The highest BCUT2D eigenvalue weighted by atomic mass is 79.9. The molecule has 2 aromatic heterocycles. The summed E-state index contributed by atoms with van der Waals surface area (Å²) in [5.41, 5.74) is 6.25. The summed E-state index contributed by atoms with van der Waals surface area (Å²) in [4.78, 5) is 0. The maximum atomic E-state index is 13.1. The Balaban J connectivity index is 0.000000135. The van der Waals surface area contributed by atoms with Crippen molar-refractivity contribution >= 4 is 59.8 Å². The maximum absolute atomic E-state index is 13.1. The zero-order valence-electron chi connectivity index (χ0n) is 17.7. The fraction of sp³-hybridized carbons (Fsp3) is 0.111. The highest BCUT2D eigenvalue weighted by Gasteiger charge is 2.11. The van der Waals surface area contributed by atoms with Crippen molar-refractivity contribution in [2.45, 2.75) is 20.8 Å². The standard InChI is InChI=1S/C14H11FO.C13H8BrFO/c1-8-5-9(2)14-12(6-8)11-4-3-10(15)7-13(11)16-14;1-7-4-10-9-3-2-8(15)6-12(9)16-13(10)11(14)5-7/h3-7H,1-2H3;2-6H,1H3. The average molecular weight is 493 g/mol. The SMILES string of the molecule is Cc1cc(Br)c2oc3cc(F)ccc3c2c1.Cc1cc(C)c2oc3cc(F)ccc3c2c1. The number of hydrogen-bond acceptors (Lipinski definition) is 2. The number of aryl methyl sites for hydroxylation is 3.